The second kappa shape index (κ2) is 7.85. The van der Waals surface area contributed by atoms with Gasteiger partial charge in [0.2, 0.25) is 0 Å². The maximum Gasteiger partial charge on any atom is 0.338 e. The minimum absolute atomic E-state index is 0.304. The topological polar surface area (TPSA) is 26.3 Å². The van der Waals surface area contributed by atoms with E-state index in [0.29, 0.717) is 12.2 Å². The van der Waals surface area contributed by atoms with Crippen LogP contribution in [0, 0.1) is 0 Å². The lowest BCUT2D eigenvalue weighted by Gasteiger charge is -2.06. The molecule has 0 aliphatic carbocycles. The zero-order valence-electron chi connectivity index (χ0n) is 12.0. The first-order chi connectivity index (χ1) is 10.3. The standard InChI is InChI=1S/C19H18O2/c1-2-21-19(20)18(17-13-7-4-8-14-17)15-9-12-16-10-5-3-6-11-16/h3-15H,2H2,1H3. The Hall–Kier alpha value is -2.61. The average Bonchev–Trinajstić information content (AvgIpc) is 2.53. The molecule has 2 nitrogen and oxygen atoms in total. The molecule has 2 heteroatoms. The van der Waals surface area contributed by atoms with E-state index in [9.17, 15) is 4.79 Å². The quantitative estimate of drug-likeness (QED) is 0.462. The molecule has 0 bridgehead atoms. The smallest absolute Gasteiger partial charge is 0.338 e. The van der Waals surface area contributed by atoms with Crippen LogP contribution in [0.4, 0.5) is 0 Å². The number of allylic oxidation sites excluding steroid dienone is 2. The van der Waals surface area contributed by atoms with Crippen molar-refractivity contribution in [1.29, 1.82) is 0 Å². The van der Waals surface area contributed by atoms with Gasteiger partial charge in [0.05, 0.1) is 12.2 Å². The molecular formula is C19H18O2. The van der Waals surface area contributed by atoms with Gasteiger partial charge in [-0.25, -0.2) is 4.79 Å². The van der Waals surface area contributed by atoms with Gasteiger partial charge in [-0.3, -0.25) is 0 Å². The van der Waals surface area contributed by atoms with Crippen LogP contribution in [-0.2, 0) is 9.53 Å². The van der Waals surface area contributed by atoms with Gasteiger partial charge in [-0.15, -0.1) is 0 Å². The molecule has 0 atom stereocenters. The number of ether oxygens (including phenoxy) is 1. The predicted octanol–water partition coefficient (Wildman–Crippen LogP) is 4.35. The Labute approximate surface area is 125 Å². The highest BCUT2D eigenvalue weighted by molar-refractivity contribution is 6.16. The zero-order chi connectivity index (χ0) is 14.9. The molecular weight excluding hydrogens is 260 g/mol. The van der Waals surface area contributed by atoms with Gasteiger partial charge in [0.15, 0.2) is 0 Å². The first-order valence-electron chi connectivity index (χ1n) is 6.97. The van der Waals surface area contributed by atoms with E-state index in [4.69, 9.17) is 4.74 Å². The predicted molar refractivity (Wildman–Crippen MR) is 86.5 cm³/mol. The molecule has 0 aliphatic rings. The third kappa shape index (κ3) is 4.46. The number of carbonyl (C=O) groups excluding carboxylic acids is 1. The van der Waals surface area contributed by atoms with Crippen molar-refractivity contribution < 1.29 is 9.53 Å². The van der Waals surface area contributed by atoms with Crippen LogP contribution in [0.15, 0.2) is 72.8 Å². The summed E-state index contributed by atoms with van der Waals surface area (Å²) in [6, 6.07) is 19.5. The normalized spacial score (nSPS) is 11.6. The van der Waals surface area contributed by atoms with Crippen molar-refractivity contribution in [3.8, 4) is 0 Å². The first-order valence-corrected chi connectivity index (χ1v) is 6.97. The van der Waals surface area contributed by atoms with Gasteiger partial charge in [0.25, 0.3) is 0 Å². The lowest BCUT2D eigenvalue weighted by atomic mass is 10.1. The Kier molecular flexibility index (Phi) is 5.53. The summed E-state index contributed by atoms with van der Waals surface area (Å²) in [5.74, 6) is -0.304. The molecule has 0 unspecified atom stereocenters. The number of esters is 1. The maximum absolute atomic E-state index is 12.1. The first kappa shape index (κ1) is 14.8. The van der Waals surface area contributed by atoms with Crippen LogP contribution in [0.5, 0.6) is 0 Å². The Morgan fingerprint density at radius 2 is 1.62 bits per heavy atom. The minimum atomic E-state index is -0.304. The van der Waals surface area contributed by atoms with Crippen molar-refractivity contribution in [2.24, 2.45) is 0 Å². The molecule has 0 aliphatic heterocycles. The molecule has 106 valence electrons. The summed E-state index contributed by atoms with van der Waals surface area (Å²) < 4.78 is 5.12. The van der Waals surface area contributed by atoms with Crippen molar-refractivity contribution in [3.05, 3.63) is 83.9 Å². The van der Waals surface area contributed by atoms with E-state index < -0.39 is 0 Å². The van der Waals surface area contributed by atoms with Crippen LogP contribution in [0.1, 0.15) is 18.1 Å². The van der Waals surface area contributed by atoms with Gasteiger partial charge in [-0.05, 0) is 24.1 Å². The van der Waals surface area contributed by atoms with Gasteiger partial charge in [-0.1, -0.05) is 72.8 Å². The van der Waals surface area contributed by atoms with Crippen molar-refractivity contribution >= 4 is 17.6 Å². The molecule has 0 saturated carbocycles. The highest BCUT2D eigenvalue weighted by atomic mass is 16.5. The molecule has 21 heavy (non-hydrogen) atoms. The van der Waals surface area contributed by atoms with E-state index in [0.717, 1.165) is 11.1 Å². The van der Waals surface area contributed by atoms with Crippen molar-refractivity contribution in [1.82, 2.24) is 0 Å². The van der Waals surface area contributed by atoms with Gasteiger partial charge < -0.3 is 4.74 Å². The molecule has 2 rings (SSSR count). The minimum Gasteiger partial charge on any atom is -0.462 e. The summed E-state index contributed by atoms with van der Waals surface area (Å²) >= 11 is 0. The Morgan fingerprint density at radius 3 is 2.24 bits per heavy atom. The van der Waals surface area contributed by atoms with Crippen LogP contribution in [0.3, 0.4) is 0 Å². The molecule has 0 saturated heterocycles. The molecule has 2 aromatic carbocycles. The van der Waals surface area contributed by atoms with Crippen LogP contribution >= 0.6 is 0 Å². The highest BCUT2D eigenvalue weighted by Gasteiger charge is 2.11. The van der Waals surface area contributed by atoms with Crippen LogP contribution in [-0.4, -0.2) is 12.6 Å². The van der Waals surface area contributed by atoms with Gasteiger partial charge in [-0.2, -0.15) is 0 Å². The second-order valence-corrected chi connectivity index (χ2v) is 4.44. The van der Waals surface area contributed by atoms with Crippen LogP contribution < -0.4 is 0 Å². The zero-order valence-corrected chi connectivity index (χ0v) is 12.0. The van der Waals surface area contributed by atoms with E-state index in [1.165, 1.54) is 0 Å². The van der Waals surface area contributed by atoms with Crippen LogP contribution in [0.25, 0.3) is 11.6 Å². The lowest BCUT2D eigenvalue weighted by molar-refractivity contribution is -0.136. The number of hydrogen-bond donors (Lipinski definition) is 0. The third-order valence-electron chi connectivity index (χ3n) is 2.93. The fraction of sp³-hybridized carbons (Fsp3) is 0.105. The van der Waals surface area contributed by atoms with Gasteiger partial charge in [0.1, 0.15) is 0 Å². The summed E-state index contributed by atoms with van der Waals surface area (Å²) in [4.78, 5) is 12.1. The number of benzene rings is 2. The lowest BCUT2D eigenvalue weighted by Crippen LogP contribution is -2.06. The number of hydrogen-bond acceptors (Lipinski definition) is 2. The highest BCUT2D eigenvalue weighted by Crippen LogP contribution is 2.16. The molecule has 0 heterocycles. The monoisotopic (exact) mass is 278 g/mol. The molecule has 0 amide bonds. The largest absolute Gasteiger partial charge is 0.462 e. The van der Waals surface area contributed by atoms with Crippen molar-refractivity contribution in [3.63, 3.8) is 0 Å². The molecule has 0 spiro atoms. The van der Waals surface area contributed by atoms with Crippen molar-refractivity contribution in [2.45, 2.75) is 6.92 Å². The van der Waals surface area contributed by atoms with Gasteiger partial charge in [0, 0.05) is 0 Å². The number of rotatable bonds is 5. The average molecular weight is 278 g/mol. The Balaban J connectivity index is 2.25. The van der Waals surface area contributed by atoms with E-state index in [-0.39, 0.29) is 5.97 Å². The molecule has 0 aromatic heterocycles. The molecule has 0 fully saturated rings. The van der Waals surface area contributed by atoms with E-state index in [2.05, 4.69) is 0 Å². The van der Waals surface area contributed by atoms with E-state index in [1.54, 1.807) is 13.0 Å². The second-order valence-electron chi connectivity index (χ2n) is 4.44. The Morgan fingerprint density at radius 1 is 1.00 bits per heavy atom. The third-order valence-corrected chi connectivity index (χ3v) is 2.93. The van der Waals surface area contributed by atoms with Gasteiger partial charge >= 0.3 is 5.97 Å². The summed E-state index contributed by atoms with van der Waals surface area (Å²) in [5, 5.41) is 0. The summed E-state index contributed by atoms with van der Waals surface area (Å²) in [6.07, 6.45) is 5.62. The summed E-state index contributed by atoms with van der Waals surface area (Å²) in [5.41, 5.74) is 2.50. The maximum atomic E-state index is 12.1. The summed E-state index contributed by atoms with van der Waals surface area (Å²) in [6.45, 7) is 2.17. The van der Waals surface area contributed by atoms with E-state index >= 15 is 0 Å². The fourth-order valence-electron chi connectivity index (χ4n) is 1.93. The molecule has 2 aromatic rings. The fourth-order valence-corrected chi connectivity index (χ4v) is 1.93. The summed E-state index contributed by atoms with van der Waals surface area (Å²) in [7, 11) is 0. The number of carbonyl (C=O) groups is 1. The Bertz CT molecular complexity index is 625. The van der Waals surface area contributed by atoms with Crippen molar-refractivity contribution in [2.75, 3.05) is 6.61 Å². The van der Waals surface area contributed by atoms with E-state index in [1.807, 2.05) is 72.8 Å². The molecule has 0 N–H and O–H groups in total. The van der Waals surface area contributed by atoms with Crippen LogP contribution in [0.2, 0.25) is 0 Å². The molecule has 0 radical (unpaired) electrons. The SMILES string of the molecule is CCOC(=O)C(=CC=Cc1ccccc1)c1ccccc1.